The van der Waals surface area contributed by atoms with Gasteiger partial charge < -0.3 is 10.7 Å². The highest BCUT2D eigenvalue weighted by atomic mass is 14.7. The molecule has 78 valence electrons. The van der Waals surface area contributed by atoms with Gasteiger partial charge in [0.1, 0.15) is 0 Å². The highest BCUT2D eigenvalue weighted by Crippen LogP contribution is 2.31. The Morgan fingerprint density at radius 1 is 0.812 bits per heavy atom. The third kappa shape index (κ3) is 1.27. The first-order valence-corrected chi connectivity index (χ1v) is 5.27. The van der Waals surface area contributed by atoms with Crippen molar-refractivity contribution >= 4 is 16.6 Å². The Kier molecular flexibility index (Phi) is 1.93. The van der Waals surface area contributed by atoms with Crippen LogP contribution in [-0.2, 0) is 0 Å². The van der Waals surface area contributed by atoms with E-state index in [0.717, 1.165) is 16.8 Å². The van der Waals surface area contributed by atoms with Crippen LogP contribution in [0.15, 0.2) is 54.7 Å². The molecular formula is C14H12N2. The molecule has 1 heterocycles. The van der Waals surface area contributed by atoms with Crippen LogP contribution in [0.25, 0.3) is 22.0 Å². The minimum absolute atomic E-state index is 0.816. The second-order valence-electron chi connectivity index (χ2n) is 3.83. The number of aromatic amines is 1. The first kappa shape index (κ1) is 9.04. The van der Waals surface area contributed by atoms with E-state index in [4.69, 9.17) is 5.73 Å². The number of hydrogen-bond donors (Lipinski definition) is 2. The van der Waals surface area contributed by atoms with E-state index in [1.165, 1.54) is 10.9 Å². The van der Waals surface area contributed by atoms with Crippen molar-refractivity contribution in [2.45, 2.75) is 0 Å². The van der Waals surface area contributed by atoms with E-state index in [1.807, 2.05) is 30.5 Å². The number of nitrogens with one attached hydrogen (secondary N) is 1. The molecule has 0 unspecified atom stereocenters. The van der Waals surface area contributed by atoms with Gasteiger partial charge in [0.25, 0.3) is 0 Å². The molecule has 0 saturated carbocycles. The van der Waals surface area contributed by atoms with Crippen LogP contribution in [0.1, 0.15) is 0 Å². The second kappa shape index (κ2) is 3.42. The zero-order chi connectivity index (χ0) is 11.0. The number of H-pyrrole nitrogens is 1. The van der Waals surface area contributed by atoms with Crippen LogP contribution in [0.3, 0.4) is 0 Å². The molecular weight excluding hydrogens is 196 g/mol. The van der Waals surface area contributed by atoms with Gasteiger partial charge in [-0.05, 0) is 23.8 Å². The summed E-state index contributed by atoms with van der Waals surface area (Å²) < 4.78 is 0. The summed E-state index contributed by atoms with van der Waals surface area (Å²) in [7, 11) is 0. The topological polar surface area (TPSA) is 41.8 Å². The lowest BCUT2D eigenvalue weighted by Crippen LogP contribution is -1.89. The largest absolute Gasteiger partial charge is 0.398 e. The molecule has 3 rings (SSSR count). The van der Waals surface area contributed by atoms with Crippen LogP contribution >= 0.6 is 0 Å². The smallest absolute Gasteiger partial charge is 0.0460 e. The number of rotatable bonds is 1. The molecule has 1 aromatic heterocycles. The number of para-hydroxylation sites is 1. The van der Waals surface area contributed by atoms with Gasteiger partial charge in [-0.3, -0.25) is 0 Å². The van der Waals surface area contributed by atoms with Crippen molar-refractivity contribution in [1.29, 1.82) is 0 Å². The summed E-state index contributed by atoms with van der Waals surface area (Å²) in [5.74, 6) is 0. The van der Waals surface area contributed by atoms with Crippen LogP contribution in [0.5, 0.6) is 0 Å². The molecule has 16 heavy (non-hydrogen) atoms. The highest BCUT2D eigenvalue weighted by molar-refractivity contribution is 5.97. The van der Waals surface area contributed by atoms with Crippen LogP contribution in [-0.4, -0.2) is 4.98 Å². The predicted octanol–water partition coefficient (Wildman–Crippen LogP) is 3.42. The van der Waals surface area contributed by atoms with Crippen LogP contribution in [0.4, 0.5) is 5.69 Å². The third-order valence-corrected chi connectivity index (χ3v) is 2.85. The number of nitrogen functional groups attached to an aromatic ring is 1. The van der Waals surface area contributed by atoms with Crippen molar-refractivity contribution in [3.63, 3.8) is 0 Å². The third-order valence-electron chi connectivity index (χ3n) is 2.85. The molecule has 0 radical (unpaired) electrons. The Balaban J connectivity index is 2.34. The lowest BCUT2D eigenvalue weighted by Gasteiger charge is -2.06. The van der Waals surface area contributed by atoms with Crippen molar-refractivity contribution < 1.29 is 0 Å². The van der Waals surface area contributed by atoms with Gasteiger partial charge in [-0.25, -0.2) is 0 Å². The van der Waals surface area contributed by atoms with Gasteiger partial charge in [0, 0.05) is 28.4 Å². The molecule has 0 amide bonds. The molecule has 0 fully saturated rings. The molecule has 0 saturated heterocycles. The average Bonchev–Trinajstić information content (AvgIpc) is 2.77. The van der Waals surface area contributed by atoms with Gasteiger partial charge in [-0.2, -0.15) is 0 Å². The Bertz CT molecular complexity index is 638. The maximum Gasteiger partial charge on any atom is 0.0460 e. The van der Waals surface area contributed by atoms with E-state index in [2.05, 4.69) is 29.2 Å². The fourth-order valence-corrected chi connectivity index (χ4v) is 2.06. The lowest BCUT2D eigenvalue weighted by atomic mass is 10.0. The summed E-state index contributed by atoms with van der Waals surface area (Å²) in [5.41, 5.74) is 10.2. The van der Waals surface area contributed by atoms with Crippen LogP contribution in [0, 0.1) is 0 Å². The quantitative estimate of drug-likeness (QED) is 0.591. The summed E-state index contributed by atoms with van der Waals surface area (Å²) in [4.78, 5) is 3.21. The molecule has 2 heteroatoms. The van der Waals surface area contributed by atoms with Gasteiger partial charge >= 0.3 is 0 Å². The molecule has 0 atom stereocenters. The monoisotopic (exact) mass is 208 g/mol. The maximum atomic E-state index is 6.00. The second-order valence-corrected chi connectivity index (χ2v) is 3.83. The molecule has 0 aliphatic carbocycles. The predicted molar refractivity (Wildman–Crippen MR) is 68.1 cm³/mol. The number of aromatic nitrogens is 1. The summed E-state index contributed by atoms with van der Waals surface area (Å²) in [6, 6.07) is 16.2. The number of fused-ring (bicyclic) bond motifs is 1. The molecule has 3 aromatic rings. The molecule has 2 aromatic carbocycles. The summed E-state index contributed by atoms with van der Waals surface area (Å²) in [6.07, 6.45) is 1.95. The van der Waals surface area contributed by atoms with Crippen molar-refractivity contribution in [2.75, 3.05) is 5.73 Å². The van der Waals surface area contributed by atoms with Gasteiger partial charge in [-0.15, -0.1) is 0 Å². The summed E-state index contributed by atoms with van der Waals surface area (Å²) in [6.45, 7) is 0. The zero-order valence-corrected chi connectivity index (χ0v) is 8.77. The van der Waals surface area contributed by atoms with E-state index >= 15 is 0 Å². The first-order chi connectivity index (χ1) is 7.86. The van der Waals surface area contributed by atoms with E-state index in [0.29, 0.717) is 0 Å². The minimum Gasteiger partial charge on any atom is -0.398 e. The van der Waals surface area contributed by atoms with E-state index in [1.54, 1.807) is 0 Å². The van der Waals surface area contributed by atoms with Crippen LogP contribution < -0.4 is 5.73 Å². The first-order valence-electron chi connectivity index (χ1n) is 5.27. The molecule has 0 bridgehead atoms. The minimum atomic E-state index is 0.816. The van der Waals surface area contributed by atoms with Gasteiger partial charge in [0.05, 0.1) is 0 Å². The Morgan fingerprint density at radius 3 is 2.50 bits per heavy atom. The molecule has 0 spiro atoms. The Hall–Kier alpha value is -2.22. The zero-order valence-electron chi connectivity index (χ0n) is 8.77. The van der Waals surface area contributed by atoms with Crippen molar-refractivity contribution in [3.8, 4) is 11.1 Å². The number of anilines is 1. The van der Waals surface area contributed by atoms with Crippen molar-refractivity contribution in [1.82, 2.24) is 4.98 Å². The van der Waals surface area contributed by atoms with Crippen molar-refractivity contribution in [2.24, 2.45) is 0 Å². The van der Waals surface area contributed by atoms with Gasteiger partial charge in [-0.1, -0.05) is 30.3 Å². The lowest BCUT2D eigenvalue weighted by molar-refractivity contribution is 1.48. The van der Waals surface area contributed by atoms with Gasteiger partial charge in [0.2, 0.25) is 0 Å². The number of benzene rings is 2. The number of hydrogen-bond acceptors (Lipinski definition) is 1. The Labute approximate surface area is 93.7 Å². The van der Waals surface area contributed by atoms with E-state index in [9.17, 15) is 0 Å². The van der Waals surface area contributed by atoms with Crippen LogP contribution in [0.2, 0.25) is 0 Å². The molecule has 0 aliphatic rings. The maximum absolute atomic E-state index is 6.00. The van der Waals surface area contributed by atoms with E-state index in [-0.39, 0.29) is 0 Å². The molecule has 0 aliphatic heterocycles. The van der Waals surface area contributed by atoms with Gasteiger partial charge in [0.15, 0.2) is 0 Å². The molecule has 2 nitrogen and oxygen atoms in total. The Morgan fingerprint density at radius 2 is 1.62 bits per heavy atom. The summed E-state index contributed by atoms with van der Waals surface area (Å²) in [5, 5.41) is 1.21. The SMILES string of the molecule is Nc1ccccc1-c1cccc2[nH]ccc12. The highest BCUT2D eigenvalue weighted by Gasteiger charge is 2.06. The fraction of sp³-hybridized carbons (Fsp3) is 0. The summed E-state index contributed by atoms with van der Waals surface area (Å²) >= 11 is 0. The van der Waals surface area contributed by atoms with E-state index < -0.39 is 0 Å². The standard InChI is InChI=1S/C14H12N2/c15-13-6-2-1-4-11(13)10-5-3-7-14-12(10)8-9-16-14/h1-9,16H,15H2. The number of nitrogens with two attached hydrogens (primary N) is 1. The normalized spacial score (nSPS) is 10.8. The molecule has 3 N–H and O–H groups in total. The average molecular weight is 208 g/mol. The fourth-order valence-electron chi connectivity index (χ4n) is 2.06. The van der Waals surface area contributed by atoms with Crippen molar-refractivity contribution in [3.05, 3.63) is 54.7 Å².